The zero-order chi connectivity index (χ0) is 16.4. The van der Waals surface area contributed by atoms with Crippen LogP contribution in [0.5, 0.6) is 0 Å². The number of nitro groups is 1. The number of rotatable bonds is 4. The maximum atomic E-state index is 10.8. The largest absolute Gasteiger partial charge is 0.331 e. The highest BCUT2D eigenvalue weighted by Crippen LogP contribution is 2.33. The van der Waals surface area contributed by atoms with Crippen LogP contribution in [0.4, 0.5) is 16.5 Å². The average Bonchev–Trinajstić information content (AvgIpc) is 2.89. The minimum Gasteiger partial charge on any atom is -0.331 e. The van der Waals surface area contributed by atoms with Crippen molar-refractivity contribution in [1.82, 2.24) is 4.98 Å². The van der Waals surface area contributed by atoms with Crippen molar-refractivity contribution < 1.29 is 4.92 Å². The first kappa shape index (κ1) is 15.5. The van der Waals surface area contributed by atoms with Crippen LogP contribution >= 0.6 is 22.9 Å². The number of aryl methyl sites for hydroxylation is 1. The molecule has 7 heteroatoms. The van der Waals surface area contributed by atoms with Gasteiger partial charge in [0.25, 0.3) is 5.69 Å². The van der Waals surface area contributed by atoms with Gasteiger partial charge < -0.3 is 5.32 Å². The van der Waals surface area contributed by atoms with Crippen LogP contribution < -0.4 is 5.32 Å². The number of hydrogen-bond donors (Lipinski definition) is 1. The molecule has 0 aliphatic heterocycles. The Labute approximate surface area is 141 Å². The van der Waals surface area contributed by atoms with E-state index in [0.717, 1.165) is 16.1 Å². The molecule has 1 aromatic heterocycles. The van der Waals surface area contributed by atoms with Gasteiger partial charge in [0.05, 0.1) is 10.6 Å². The van der Waals surface area contributed by atoms with Gasteiger partial charge in [-0.05, 0) is 25.1 Å². The molecule has 0 radical (unpaired) electrons. The Morgan fingerprint density at radius 3 is 2.65 bits per heavy atom. The summed E-state index contributed by atoms with van der Waals surface area (Å²) in [6.45, 7) is 1.99. The molecule has 3 aromatic rings. The van der Waals surface area contributed by atoms with E-state index < -0.39 is 4.92 Å². The number of thiazole rings is 1. The van der Waals surface area contributed by atoms with Crippen LogP contribution in [0.1, 0.15) is 4.88 Å². The van der Waals surface area contributed by atoms with Crippen LogP contribution in [0.3, 0.4) is 0 Å². The van der Waals surface area contributed by atoms with E-state index in [0.29, 0.717) is 15.8 Å². The van der Waals surface area contributed by atoms with Gasteiger partial charge in [-0.25, -0.2) is 4.98 Å². The maximum Gasteiger partial charge on any atom is 0.271 e. The summed E-state index contributed by atoms with van der Waals surface area (Å²) in [7, 11) is 0. The minimum absolute atomic E-state index is 0.0428. The molecule has 0 saturated carbocycles. The Morgan fingerprint density at radius 1 is 1.22 bits per heavy atom. The smallest absolute Gasteiger partial charge is 0.271 e. The lowest BCUT2D eigenvalue weighted by atomic mass is 10.1. The summed E-state index contributed by atoms with van der Waals surface area (Å²) in [6.07, 6.45) is 0. The van der Waals surface area contributed by atoms with Crippen LogP contribution in [-0.4, -0.2) is 9.91 Å². The molecule has 116 valence electrons. The Hall–Kier alpha value is -2.44. The lowest BCUT2D eigenvalue weighted by Gasteiger charge is -2.02. The number of nitro benzene ring substituents is 1. The molecule has 0 amide bonds. The van der Waals surface area contributed by atoms with Gasteiger partial charge in [0.15, 0.2) is 5.13 Å². The molecule has 1 heterocycles. The van der Waals surface area contributed by atoms with Gasteiger partial charge in [0.2, 0.25) is 0 Å². The molecular formula is C16H12ClN3O2S. The summed E-state index contributed by atoms with van der Waals surface area (Å²) in [5.74, 6) is 0. The van der Waals surface area contributed by atoms with Crippen LogP contribution in [-0.2, 0) is 0 Å². The van der Waals surface area contributed by atoms with E-state index in [4.69, 9.17) is 11.6 Å². The molecule has 23 heavy (non-hydrogen) atoms. The topological polar surface area (TPSA) is 68.1 Å². The molecule has 0 saturated heterocycles. The number of hydrogen-bond acceptors (Lipinski definition) is 5. The van der Waals surface area contributed by atoms with Crippen molar-refractivity contribution in [2.75, 3.05) is 5.32 Å². The highest BCUT2D eigenvalue weighted by molar-refractivity contribution is 7.16. The molecule has 0 spiro atoms. The first-order chi connectivity index (χ1) is 11.0. The third-order valence-electron chi connectivity index (χ3n) is 3.22. The summed E-state index contributed by atoms with van der Waals surface area (Å²) in [5.41, 5.74) is 2.53. The fraction of sp³-hybridized carbons (Fsp3) is 0.0625. The fourth-order valence-corrected chi connectivity index (χ4v) is 3.13. The van der Waals surface area contributed by atoms with Crippen molar-refractivity contribution in [2.45, 2.75) is 6.92 Å². The van der Waals surface area contributed by atoms with Crippen molar-refractivity contribution in [1.29, 1.82) is 0 Å². The molecular weight excluding hydrogens is 334 g/mol. The van der Waals surface area contributed by atoms with Crippen molar-refractivity contribution >= 4 is 39.4 Å². The zero-order valence-corrected chi connectivity index (χ0v) is 13.7. The van der Waals surface area contributed by atoms with Crippen LogP contribution in [0, 0.1) is 17.0 Å². The van der Waals surface area contributed by atoms with Gasteiger partial charge in [-0.3, -0.25) is 10.1 Å². The Balaban J connectivity index is 1.88. The number of halogens is 1. The average molecular weight is 346 g/mol. The first-order valence-electron chi connectivity index (χ1n) is 6.78. The number of anilines is 2. The molecule has 0 aliphatic carbocycles. The number of nitrogens with zero attached hydrogens (tertiary/aromatic N) is 2. The third kappa shape index (κ3) is 3.49. The molecule has 1 N–H and O–H groups in total. The number of aromatic nitrogens is 1. The van der Waals surface area contributed by atoms with Gasteiger partial charge >= 0.3 is 0 Å². The third-order valence-corrected chi connectivity index (χ3v) is 4.36. The van der Waals surface area contributed by atoms with E-state index in [2.05, 4.69) is 10.3 Å². The first-order valence-corrected chi connectivity index (χ1v) is 7.97. The number of non-ortho nitro benzene ring substituents is 1. The quantitative estimate of drug-likeness (QED) is 0.506. The van der Waals surface area contributed by atoms with Crippen LogP contribution in [0.25, 0.3) is 11.3 Å². The molecule has 2 aromatic carbocycles. The van der Waals surface area contributed by atoms with Gasteiger partial charge in [0, 0.05) is 33.3 Å². The van der Waals surface area contributed by atoms with Gasteiger partial charge in [-0.1, -0.05) is 29.8 Å². The van der Waals surface area contributed by atoms with Crippen molar-refractivity contribution in [2.24, 2.45) is 0 Å². The Bertz CT molecular complexity index is 862. The van der Waals surface area contributed by atoms with Crippen molar-refractivity contribution in [3.63, 3.8) is 0 Å². The maximum absolute atomic E-state index is 10.8. The standard InChI is InChI=1S/C16H12ClN3O2S/c1-10-15(11-5-7-12(17)8-6-11)19-16(23-10)18-13-3-2-4-14(9-13)20(21)22/h2-9H,1H3,(H,18,19). The van der Waals surface area contributed by atoms with E-state index in [9.17, 15) is 10.1 Å². The predicted octanol–water partition coefficient (Wildman–Crippen LogP) is 5.42. The van der Waals surface area contributed by atoms with Crippen LogP contribution in [0.2, 0.25) is 5.02 Å². The highest BCUT2D eigenvalue weighted by atomic mass is 35.5. The van der Waals surface area contributed by atoms with E-state index in [1.807, 2.05) is 31.2 Å². The van der Waals surface area contributed by atoms with Gasteiger partial charge in [-0.15, -0.1) is 11.3 Å². The molecule has 0 bridgehead atoms. The Kier molecular flexibility index (Phi) is 4.27. The van der Waals surface area contributed by atoms with Crippen LogP contribution in [0.15, 0.2) is 48.5 Å². The summed E-state index contributed by atoms with van der Waals surface area (Å²) >= 11 is 7.40. The zero-order valence-electron chi connectivity index (χ0n) is 12.1. The molecule has 0 aliphatic rings. The molecule has 5 nitrogen and oxygen atoms in total. The molecule has 3 rings (SSSR count). The van der Waals surface area contributed by atoms with E-state index >= 15 is 0 Å². The second kappa shape index (κ2) is 6.36. The lowest BCUT2D eigenvalue weighted by Crippen LogP contribution is -1.92. The summed E-state index contributed by atoms with van der Waals surface area (Å²) in [6, 6.07) is 13.8. The normalized spacial score (nSPS) is 10.5. The van der Waals surface area contributed by atoms with E-state index in [-0.39, 0.29) is 5.69 Å². The minimum atomic E-state index is -0.419. The molecule has 0 unspecified atom stereocenters. The summed E-state index contributed by atoms with van der Waals surface area (Å²) < 4.78 is 0. The lowest BCUT2D eigenvalue weighted by molar-refractivity contribution is -0.384. The fourth-order valence-electron chi connectivity index (χ4n) is 2.15. The molecule has 0 fully saturated rings. The predicted molar refractivity (Wildman–Crippen MR) is 93.7 cm³/mol. The number of nitrogens with one attached hydrogen (secondary N) is 1. The SMILES string of the molecule is Cc1sc(Nc2cccc([N+](=O)[O-])c2)nc1-c1ccc(Cl)cc1. The van der Waals surface area contributed by atoms with E-state index in [1.165, 1.54) is 23.5 Å². The van der Waals surface area contributed by atoms with E-state index in [1.54, 1.807) is 12.1 Å². The van der Waals surface area contributed by atoms with Crippen molar-refractivity contribution in [3.05, 3.63) is 68.5 Å². The van der Waals surface area contributed by atoms with Crippen molar-refractivity contribution in [3.8, 4) is 11.3 Å². The monoisotopic (exact) mass is 345 g/mol. The van der Waals surface area contributed by atoms with Gasteiger partial charge in [0.1, 0.15) is 0 Å². The van der Waals surface area contributed by atoms with Gasteiger partial charge in [-0.2, -0.15) is 0 Å². The summed E-state index contributed by atoms with van der Waals surface area (Å²) in [5, 5.41) is 15.3. The molecule has 0 atom stereocenters. The number of benzene rings is 2. The highest BCUT2D eigenvalue weighted by Gasteiger charge is 2.11. The summed E-state index contributed by atoms with van der Waals surface area (Å²) in [4.78, 5) is 16.0. The second-order valence-electron chi connectivity index (χ2n) is 4.86. The second-order valence-corrected chi connectivity index (χ2v) is 6.50. The Morgan fingerprint density at radius 2 is 1.96 bits per heavy atom.